The average molecular weight is 242 g/mol. The van der Waals surface area contributed by atoms with Crippen LogP contribution in [0.5, 0.6) is 0 Å². The maximum atomic E-state index is 11.8. The van der Waals surface area contributed by atoms with E-state index >= 15 is 0 Å². The summed E-state index contributed by atoms with van der Waals surface area (Å²) >= 11 is 0. The summed E-state index contributed by atoms with van der Waals surface area (Å²) < 4.78 is 5.09. The number of ether oxygens (including phenoxy) is 1. The molecule has 0 aromatic heterocycles. The van der Waals surface area contributed by atoms with Crippen molar-refractivity contribution in [3.63, 3.8) is 0 Å². The molecule has 0 N–H and O–H groups in total. The Balaban J connectivity index is 2.70. The number of piperazine rings is 1. The second kappa shape index (κ2) is 5.25. The fraction of sp³-hybridized carbons (Fsp3) is 0.923. The highest BCUT2D eigenvalue weighted by molar-refractivity contribution is 5.68. The minimum atomic E-state index is -0.180. The molecule has 1 aliphatic heterocycles. The Bertz CT molecular complexity index is 273. The Labute approximate surface area is 105 Å². The number of carbonyl (C=O) groups is 1. The summed E-state index contributed by atoms with van der Waals surface area (Å²) in [4.78, 5) is 16.1. The molecular weight excluding hydrogens is 216 g/mol. The third-order valence-corrected chi connectivity index (χ3v) is 3.35. The predicted octanol–water partition coefficient (Wildman–Crippen LogP) is 2.34. The molecule has 17 heavy (non-hydrogen) atoms. The average Bonchev–Trinajstić information content (AvgIpc) is 2.19. The van der Waals surface area contributed by atoms with E-state index in [0.29, 0.717) is 12.6 Å². The Morgan fingerprint density at radius 2 is 1.82 bits per heavy atom. The number of rotatable bonds is 1. The molecule has 2 atom stereocenters. The van der Waals surface area contributed by atoms with Gasteiger partial charge < -0.3 is 9.64 Å². The van der Waals surface area contributed by atoms with Crippen molar-refractivity contribution in [2.75, 3.05) is 19.7 Å². The van der Waals surface area contributed by atoms with Gasteiger partial charge in [-0.25, -0.2) is 4.79 Å². The van der Waals surface area contributed by atoms with Crippen LogP contribution in [0.1, 0.15) is 41.5 Å². The first-order valence-electron chi connectivity index (χ1n) is 6.47. The second-order valence-electron chi connectivity index (χ2n) is 5.87. The summed E-state index contributed by atoms with van der Waals surface area (Å²) in [6.07, 6.45) is -0.180. The highest BCUT2D eigenvalue weighted by Gasteiger charge is 2.37. The minimum absolute atomic E-state index is 0.147. The van der Waals surface area contributed by atoms with Crippen LogP contribution in [0.3, 0.4) is 0 Å². The predicted molar refractivity (Wildman–Crippen MR) is 69.1 cm³/mol. The van der Waals surface area contributed by atoms with Gasteiger partial charge in [0, 0.05) is 30.7 Å². The molecule has 0 bridgehead atoms. The standard InChI is InChI=1S/C13H26N2O2/c1-7-17-12(16)14-8-11(3)15(9-10(14)2)13(4,5)6/h10-11H,7-9H2,1-6H3. The van der Waals surface area contributed by atoms with Crippen molar-refractivity contribution >= 4 is 6.09 Å². The van der Waals surface area contributed by atoms with Crippen LogP contribution < -0.4 is 0 Å². The molecule has 1 saturated heterocycles. The first-order valence-corrected chi connectivity index (χ1v) is 6.47. The van der Waals surface area contributed by atoms with E-state index in [0.717, 1.165) is 13.1 Å². The highest BCUT2D eigenvalue weighted by atomic mass is 16.6. The minimum Gasteiger partial charge on any atom is -0.450 e. The number of nitrogens with zero attached hydrogens (tertiary/aromatic N) is 2. The zero-order valence-electron chi connectivity index (χ0n) is 12.0. The molecule has 0 saturated carbocycles. The maximum Gasteiger partial charge on any atom is 0.410 e. The fourth-order valence-electron chi connectivity index (χ4n) is 2.52. The Hall–Kier alpha value is -0.770. The number of hydrogen-bond donors (Lipinski definition) is 0. The van der Waals surface area contributed by atoms with Gasteiger partial charge in [0.05, 0.1) is 6.61 Å². The van der Waals surface area contributed by atoms with E-state index in [2.05, 4.69) is 39.5 Å². The van der Waals surface area contributed by atoms with E-state index < -0.39 is 0 Å². The van der Waals surface area contributed by atoms with Gasteiger partial charge in [0.2, 0.25) is 0 Å². The van der Waals surface area contributed by atoms with Crippen molar-refractivity contribution in [2.45, 2.75) is 59.2 Å². The molecule has 0 aromatic rings. The Morgan fingerprint density at radius 3 is 2.29 bits per heavy atom. The molecule has 0 aliphatic carbocycles. The van der Waals surface area contributed by atoms with Crippen LogP contribution in [0, 0.1) is 0 Å². The summed E-state index contributed by atoms with van der Waals surface area (Å²) in [6, 6.07) is 0.583. The van der Waals surface area contributed by atoms with E-state index in [9.17, 15) is 4.79 Å². The molecule has 100 valence electrons. The van der Waals surface area contributed by atoms with E-state index in [1.54, 1.807) is 0 Å². The Morgan fingerprint density at radius 1 is 1.24 bits per heavy atom. The van der Waals surface area contributed by atoms with Gasteiger partial charge in [-0.3, -0.25) is 4.90 Å². The largest absolute Gasteiger partial charge is 0.450 e. The summed E-state index contributed by atoms with van der Waals surface area (Å²) in [7, 11) is 0. The van der Waals surface area contributed by atoms with Crippen LogP contribution in [0.15, 0.2) is 0 Å². The van der Waals surface area contributed by atoms with Crippen molar-refractivity contribution in [1.82, 2.24) is 9.80 Å². The van der Waals surface area contributed by atoms with Crippen molar-refractivity contribution in [3.8, 4) is 0 Å². The molecule has 1 heterocycles. The third-order valence-electron chi connectivity index (χ3n) is 3.35. The van der Waals surface area contributed by atoms with Crippen LogP contribution in [0.4, 0.5) is 4.79 Å². The summed E-state index contributed by atoms with van der Waals surface area (Å²) in [5.41, 5.74) is 0.147. The lowest BCUT2D eigenvalue weighted by molar-refractivity contribution is -0.0111. The van der Waals surface area contributed by atoms with Gasteiger partial charge in [-0.1, -0.05) is 0 Å². The summed E-state index contributed by atoms with van der Waals surface area (Å²) in [5, 5.41) is 0. The number of carbonyl (C=O) groups excluding carboxylic acids is 1. The second-order valence-corrected chi connectivity index (χ2v) is 5.87. The monoisotopic (exact) mass is 242 g/mol. The SMILES string of the molecule is CCOC(=O)N1CC(C)N(C(C)(C)C)CC1C. The van der Waals surface area contributed by atoms with Crippen molar-refractivity contribution in [3.05, 3.63) is 0 Å². The van der Waals surface area contributed by atoms with E-state index in [4.69, 9.17) is 4.74 Å². The fourth-order valence-corrected chi connectivity index (χ4v) is 2.52. The van der Waals surface area contributed by atoms with Gasteiger partial charge in [0.1, 0.15) is 0 Å². The van der Waals surface area contributed by atoms with Gasteiger partial charge in [0.15, 0.2) is 0 Å². The van der Waals surface area contributed by atoms with Crippen LogP contribution in [0.25, 0.3) is 0 Å². The Kier molecular flexibility index (Phi) is 4.42. The zero-order valence-corrected chi connectivity index (χ0v) is 12.0. The topological polar surface area (TPSA) is 32.8 Å². The first-order chi connectivity index (χ1) is 7.77. The van der Waals surface area contributed by atoms with Crippen LogP contribution in [0.2, 0.25) is 0 Å². The lowest BCUT2D eigenvalue weighted by atomic mass is 9.99. The molecule has 1 fully saturated rings. The molecule has 1 rings (SSSR count). The number of amides is 1. The normalized spacial score (nSPS) is 27.1. The maximum absolute atomic E-state index is 11.8. The van der Waals surface area contributed by atoms with Crippen LogP contribution >= 0.6 is 0 Å². The lowest BCUT2D eigenvalue weighted by Crippen LogP contribution is -2.62. The van der Waals surface area contributed by atoms with Gasteiger partial charge >= 0.3 is 6.09 Å². The van der Waals surface area contributed by atoms with Gasteiger partial charge in [-0.2, -0.15) is 0 Å². The van der Waals surface area contributed by atoms with Crippen molar-refractivity contribution in [2.24, 2.45) is 0 Å². The molecule has 4 heteroatoms. The van der Waals surface area contributed by atoms with Gasteiger partial charge in [0.25, 0.3) is 0 Å². The summed E-state index contributed by atoms with van der Waals surface area (Å²) in [5.74, 6) is 0. The molecule has 0 aromatic carbocycles. The highest BCUT2D eigenvalue weighted by Crippen LogP contribution is 2.24. The molecular formula is C13H26N2O2. The van der Waals surface area contributed by atoms with Gasteiger partial charge in [-0.15, -0.1) is 0 Å². The molecule has 0 radical (unpaired) electrons. The quantitative estimate of drug-likeness (QED) is 0.707. The van der Waals surface area contributed by atoms with Crippen molar-refractivity contribution in [1.29, 1.82) is 0 Å². The molecule has 4 nitrogen and oxygen atoms in total. The van der Waals surface area contributed by atoms with E-state index in [1.165, 1.54) is 0 Å². The van der Waals surface area contributed by atoms with Crippen LogP contribution in [-0.2, 0) is 4.74 Å². The van der Waals surface area contributed by atoms with E-state index in [-0.39, 0.29) is 17.7 Å². The zero-order chi connectivity index (χ0) is 13.2. The van der Waals surface area contributed by atoms with Gasteiger partial charge in [-0.05, 0) is 41.5 Å². The van der Waals surface area contributed by atoms with E-state index in [1.807, 2.05) is 11.8 Å². The first kappa shape index (κ1) is 14.3. The lowest BCUT2D eigenvalue weighted by Gasteiger charge is -2.49. The third kappa shape index (κ3) is 3.35. The molecule has 1 aliphatic rings. The summed E-state index contributed by atoms with van der Waals surface area (Å²) in [6.45, 7) is 14.9. The molecule has 0 spiro atoms. The number of hydrogen-bond acceptors (Lipinski definition) is 3. The molecule has 1 amide bonds. The van der Waals surface area contributed by atoms with Crippen molar-refractivity contribution < 1.29 is 9.53 Å². The van der Waals surface area contributed by atoms with Crippen LogP contribution in [-0.4, -0.2) is 53.2 Å². The molecule has 2 unspecified atom stereocenters. The smallest absolute Gasteiger partial charge is 0.410 e.